The molecule has 4 rings (SSSR count). The first kappa shape index (κ1) is 14.0. The number of nitrogens with one attached hydrogen (secondary N) is 1. The summed E-state index contributed by atoms with van der Waals surface area (Å²) in [5.74, 6) is 2.43. The smallest absolute Gasteiger partial charge is 0.256 e. The Kier molecular flexibility index (Phi) is 3.34. The van der Waals surface area contributed by atoms with Crippen LogP contribution >= 0.6 is 23.2 Å². The molecular formula is C15H23Cl2NO. The van der Waals surface area contributed by atoms with Crippen LogP contribution in [0, 0.1) is 23.2 Å². The molecule has 4 heteroatoms. The Hall–Kier alpha value is 0.0500. The Balaban J connectivity index is 1.73. The molecule has 0 aromatic rings. The molecule has 0 radical (unpaired) electrons. The first-order valence-electron chi connectivity index (χ1n) is 7.47. The van der Waals surface area contributed by atoms with Crippen molar-refractivity contribution in [3.63, 3.8) is 0 Å². The van der Waals surface area contributed by atoms with Gasteiger partial charge in [0.2, 0.25) is 0 Å². The van der Waals surface area contributed by atoms with Gasteiger partial charge in [0.1, 0.15) is 0 Å². The Morgan fingerprint density at radius 3 is 1.95 bits per heavy atom. The number of carbonyl (C=O) groups is 1. The third kappa shape index (κ3) is 2.51. The van der Waals surface area contributed by atoms with Gasteiger partial charge >= 0.3 is 0 Å². The molecule has 4 bridgehead atoms. The number of rotatable bonds is 3. The van der Waals surface area contributed by atoms with Crippen molar-refractivity contribution in [3.05, 3.63) is 0 Å². The number of hydrogen-bond acceptors (Lipinski definition) is 1. The fourth-order valence-electron chi connectivity index (χ4n) is 5.18. The van der Waals surface area contributed by atoms with Gasteiger partial charge in [0, 0.05) is 6.04 Å². The molecule has 1 atom stereocenters. The molecule has 0 unspecified atom stereocenters. The van der Waals surface area contributed by atoms with Crippen molar-refractivity contribution >= 4 is 29.1 Å². The summed E-state index contributed by atoms with van der Waals surface area (Å²) in [6.07, 6.45) is 8.10. The number of hydrogen-bond donors (Lipinski definition) is 1. The second kappa shape index (κ2) is 4.53. The first-order valence-corrected chi connectivity index (χ1v) is 8.23. The molecule has 108 valence electrons. The van der Waals surface area contributed by atoms with Crippen molar-refractivity contribution in [1.82, 2.24) is 5.32 Å². The molecule has 0 spiro atoms. The van der Waals surface area contributed by atoms with Gasteiger partial charge in [0.15, 0.2) is 4.33 Å². The Morgan fingerprint density at radius 1 is 1.16 bits per heavy atom. The van der Waals surface area contributed by atoms with Crippen molar-refractivity contribution in [2.24, 2.45) is 23.2 Å². The molecule has 4 aliphatic rings. The highest BCUT2D eigenvalue weighted by Gasteiger charge is 2.53. The number of carbonyl (C=O) groups excluding carboxylic acids is 1. The van der Waals surface area contributed by atoms with Gasteiger partial charge in [0.05, 0.1) is 0 Å². The molecule has 4 fully saturated rings. The van der Waals surface area contributed by atoms with E-state index in [0.717, 1.165) is 17.8 Å². The SMILES string of the molecule is C[C@H](NC(=O)C(C)(Cl)Cl)C12CC3CC(CC(C3)C1)C2. The van der Waals surface area contributed by atoms with E-state index in [2.05, 4.69) is 12.2 Å². The van der Waals surface area contributed by atoms with E-state index in [0.29, 0.717) is 5.41 Å². The molecule has 0 aromatic heterocycles. The lowest BCUT2D eigenvalue weighted by Crippen LogP contribution is -2.57. The van der Waals surface area contributed by atoms with E-state index in [9.17, 15) is 4.79 Å². The van der Waals surface area contributed by atoms with Crippen LogP contribution in [0.4, 0.5) is 0 Å². The lowest BCUT2D eigenvalue weighted by molar-refractivity contribution is -0.126. The molecule has 0 heterocycles. The van der Waals surface area contributed by atoms with Gasteiger partial charge in [-0.3, -0.25) is 4.79 Å². The maximum atomic E-state index is 12.0. The van der Waals surface area contributed by atoms with Crippen molar-refractivity contribution in [1.29, 1.82) is 0 Å². The van der Waals surface area contributed by atoms with Crippen LogP contribution in [0.15, 0.2) is 0 Å². The maximum Gasteiger partial charge on any atom is 0.256 e. The summed E-state index contributed by atoms with van der Waals surface area (Å²) in [5.41, 5.74) is 0.309. The summed E-state index contributed by atoms with van der Waals surface area (Å²) in [6.45, 7) is 3.68. The number of halogens is 2. The predicted molar refractivity (Wildman–Crippen MR) is 78.3 cm³/mol. The van der Waals surface area contributed by atoms with Gasteiger partial charge in [-0.25, -0.2) is 0 Å². The highest BCUT2D eigenvalue weighted by molar-refractivity contribution is 6.57. The Labute approximate surface area is 125 Å². The summed E-state index contributed by atoms with van der Waals surface area (Å²) in [5, 5.41) is 3.07. The van der Waals surface area contributed by atoms with E-state index in [-0.39, 0.29) is 11.9 Å². The molecule has 1 amide bonds. The van der Waals surface area contributed by atoms with Gasteiger partial charge < -0.3 is 5.32 Å². The quantitative estimate of drug-likeness (QED) is 0.787. The van der Waals surface area contributed by atoms with Gasteiger partial charge in [-0.2, -0.15) is 0 Å². The summed E-state index contributed by atoms with van der Waals surface area (Å²) in [4.78, 5) is 12.0. The molecular weight excluding hydrogens is 281 g/mol. The van der Waals surface area contributed by atoms with Crippen LogP contribution in [0.5, 0.6) is 0 Å². The highest BCUT2D eigenvalue weighted by atomic mass is 35.5. The zero-order chi connectivity index (χ0) is 13.8. The zero-order valence-electron chi connectivity index (χ0n) is 11.7. The summed E-state index contributed by atoms with van der Waals surface area (Å²) < 4.78 is -1.32. The fourth-order valence-corrected chi connectivity index (χ4v) is 5.29. The summed E-state index contributed by atoms with van der Waals surface area (Å²) in [7, 11) is 0. The topological polar surface area (TPSA) is 29.1 Å². The van der Waals surface area contributed by atoms with Gasteiger partial charge in [-0.05, 0) is 75.5 Å². The second-order valence-electron chi connectivity index (χ2n) is 7.36. The minimum Gasteiger partial charge on any atom is -0.350 e. The van der Waals surface area contributed by atoms with Gasteiger partial charge in [0.25, 0.3) is 5.91 Å². The van der Waals surface area contributed by atoms with E-state index >= 15 is 0 Å². The summed E-state index contributed by atoms with van der Waals surface area (Å²) >= 11 is 11.8. The maximum absolute atomic E-state index is 12.0. The van der Waals surface area contributed by atoms with Crippen LogP contribution < -0.4 is 5.32 Å². The van der Waals surface area contributed by atoms with Crippen LogP contribution in [-0.4, -0.2) is 16.3 Å². The van der Waals surface area contributed by atoms with E-state index in [4.69, 9.17) is 23.2 Å². The molecule has 19 heavy (non-hydrogen) atoms. The van der Waals surface area contributed by atoms with Crippen molar-refractivity contribution in [2.45, 2.75) is 62.7 Å². The molecule has 4 aliphatic carbocycles. The second-order valence-corrected chi connectivity index (χ2v) is 9.07. The third-order valence-corrected chi connectivity index (χ3v) is 6.09. The first-order chi connectivity index (χ1) is 8.78. The predicted octanol–water partition coefficient (Wildman–Crippen LogP) is 3.90. The molecule has 0 aliphatic heterocycles. The third-order valence-electron chi connectivity index (χ3n) is 5.75. The van der Waals surface area contributed by atoms with Gasteiger partial charge in [-0.15, -0.1) is 0 Å². The van der Waals surface area contributed by atoms with Crippen LogP contribution in [-0.2, 0) is 4.79 Å². The Morgan fingerprint density at radius 2 is 1.58 bits per heavy atom. The van der Waals surface area contributed by atoms with E-state index in [1.54, 1.807) is 0 Å². The van der Waals surface area contributed by atoms with Crippen LogP contribution in [0.25, 0.3) is 0 Å². The lowest BCUT2D eigenvalue weighted by Gasteiger charge is -2.59. The van der Waals surface area contributed by atoms with E-state index in [1.807, 2.05) is 0 Å². The molecule has 4 saturated carbocycles. The van der Waals surface area contributed by atoms with Crippen molar-refractivity contribution < 1.29 is 4.79 Å². The highest BCUT2D eigenvalue weighted by Crippen LogP contribution is 2.61. The van der Waals surface area contributed by atoms with Crippen molar-refractivity contribution in [2.75, 3.05) is 0 Å². The number of amides is 1. The largest absolute Gasteiger partial charge is 0.350 e. The minimum atomic E-state index is -1.32. The molecule has 2 nitrogen and oxygen atoms in total. The number of alkyl halides is 2. The Bertz CT molecular complexity index is 353. The van der Waals surface area contributed by atoms with Gasteiger partial charge in [-0.1, -0.05) is 23.2 Å². The molecule has 0 saturated heterocycles. The normalized spacial score (nSPS) is 42.2. The van der Waals surface area contributed by atoms with Crippen LogP contribution in [0.2, 0.25) is 0 Å². The minimum absolute atomic E-state index is 0.185. The summed E-state index contributed by atoms with van der Waals surface area (Å²) in [6, 6.07) is 0.185. The average molecular weight is 304 g/mol. The van der Waals surface area contributed by atoms with E-state index < -0.39 is 4.33 Å². The van der Waals surface area contributed by atoms with E-state index in [1.165, 1.54) is 45.4 Å². The monoisotopic (exact) mass is 303 g/mol. The standard InChI is InChI=1S/C15H23Cl2NO/c1-9(18-13(19)14(2,16)17)15-6-10-3-11(7-15)5-12(4-10)8-15/h9-12H,3-8H2,1-2H3,(H,18,19)/t9-,10?,11?,12?,15?/m0/s1. The zero-order valence-corrected chi connectivity index (χ0v) is 13.2. The van der Waals surface area contributed by atoms with Crippen LogP contribution in [0.1, 0.15) is 52.4 Å². The van der Waals surface area contributed by atoms with Crippen molar-refractivity contribution in [3.8, 4) is 0 Å². The fraction of sp³-hybridized carbons (Fsp3) is 0.933. The van der Waals surface area contributed by atoms with Crippen LogP contribution in [0.3, 0.4) is 0 Å². The molecule has 1 N–H and O–H groups in total. The average Bonchev–Trinajstić information content (AvgIpc) is 2.25. The molecule has 0 aromatic carbocycles. The lowest BCUT2D eigenvalue weighted by atomic mass is 9.48.